The summed E-state index contributed by atoms with van der Waals surface area (Å²) >= 11 is 0. The highest BCUT2D eigenvalue weighted by Crippen LogP contribution is 2.47. The Hall–Kier alpha value is -0.136. The first-order valence-electron chi connectivity index (χ1n) is 12.6. The lowest BCUT2D eigenvalue weighted by Crippen LogP contribution is -2.74. The molecule has 0 aromatic carbocycles. The van der Waals surface area contributed by atoms with Crippen molar-refractivity contribution in [2.24, 2.45) is 0 Å². The monoisotopic (exact) mass is 494 g/mol. The van der Waals surface area contributed by atoms with Gasteiger partial charge < -0.3 is 28.4 Å². The Bertz CT molecular complexity index is 478. The van der Waals surface area contributed by atoms with Crippen molar-refractivity contribution in [3.05, 3.63) is 0 Å². The van der Waals surface area contributed by atoms with Gasteiger partial charge in [-0.3, -0.25) is 4.79 Å². The quantitative estimate of drug-likeness (QED) is 0.189. The number of carbonyl (C=O) groups excluding carboxylic acids is 1. The van der Waals surface area contributed by atoms with Gasteiger partial charge in [-0.15, -0.1) is 0 Å². The SMILES string of the molecule is CCOC(C[SiH3])(OCC)C(CC)(OCC)C(=O)C(CC)(OCC)C(C[SiH3])(OCC)OCC. The minimum atomic E-state index is -1.36. The van der Waals surface area contributed by atoms with Crippen LogP contribution in [0.5, 0.6) is 0 Å². The molecule has 9 heteroatoms. The Kier molecular flexibility index (Phi) is 14.9. The van der Waals surface area contributed by atoms with Crippen LogP contribution >= 0.6 is 0 Å². The van der Waals surface area contributed by atoms with Crippen LogP contribution in [0.15, 0.2) is 0 Å². The highest BCUT2D eigenvalue weighted by atomic mass is 28.1. The van der Waals surface area contributed by atoms with Gasteiger partial charge in [-0.1, -0.05) is 13.8 Å². The molecule has 0 amide bonds. The van der Waals surface area contributed by atoms with Gasteiger partial charge in [-0.25, -0.2) is 0 Å². The molecule has 0 rings (SSSR count). The van der Waals surface area contributed by atoms with E-state index in [1.807, 2.05) is 55.4 Å². The van der Waals surface area contributed by atoms with Crippen LogP contribution in [-0.2, 0) is 33.2 Å². The summed E-state index contributed by atoms with van der Waals surface area (Å²) < 4.78 is 37.9. The molecule has 0 aliphatic carbocycles. The summed E-state index contributed by atoms with van der Waals surface area (Å²) in [6.07, 6.45) is 0.762. The summed E-state index contributed by atoms with van der Waals surface area (Å²) in [5.41, 5.74) is -2.73. The van der Waals surface area contributed by atoms with E-state index >= 15 is 0 Å². The number of ether oxygens (including phenoxy) is 6. The Labute approximate surface area is 202 Å². The van der Waals surface area contributed by atoms with Gasteiger partial charge in [0, 0.05) is 60.1 Å². The van der Waals surface area contributed by atoms with Gasteiger partial charge in [-0.05, 0) is 66.5 Å². The van der Waals surface area contributed by atoms with Crippen LogP contribution < -0.4 is 0 Å². The number of Topliss-reactive ketones (excluding diaryl/α,β-unsaturated/α-hetero) is 1. The lowest BCUT2D eigenvalue weighted by Gasteiger charge is -2.54. The molecule has 2 atom stereocenters. The minimum Gasteiger partial charge on any atom is -0.362 e. The van der Waals surface area contributed by atoms with Crippen molar-refractivity contribution in [3.8, 4) is 0 Å². The van der Waals surface area contributed by atoms with Crippen molar-refractivity contribution in [3.63, 3.8) is 0 Å². The fraction of sp³-hybridized carbons (Fsp3) is 0.957. The largest absolute Gasteiger partial charge is 0.362 e. The fourth-order valence-corrected chi connectivity index (χ4v) is 7.00. The molecule has 2 unspecified atom stereocenters. The van der Waals surface area contributed by atoms with Gasteiger partial charge in [0.1, 0.15) is 0 Å². The van der Waals surface area contributed by atoms with Gasteiger partial charge in [-0.2, -0.15) is 0 Å². The maximum atomic E-state index is 14.9. The van der Waals surface area contributed by atoms with E-state index in [4.69, 9.17) is 28.4 Å². The van der Waals surface area contributed by atoms with Crippen molar-refractivity contribution < 1.29 is 33.2 Å². The van der Waals surface area contributed by atoms with Crippen molar-refractivity contribution in [1.29, 1.82) is 0 Å². The van der Waals surface area contributed by atoms with E-state index in [0.717, 1.165) is 20.5 Å². The highest BCUT2D eigenvalue weighted by molar-refractivity contribution is 6.11. The second kappa shape index (κ2) is 15.0. The lowest BCUT2D eigenvalue weighted by molar-refractivity contribution is -0.337. The van der Waals surface area contributed by atoms with Gasteiger partial charge in [0.05, 0.1) is 0 Å². The molecular weight excluding hydrogens is 444 g/mol. The molecule has 0 bridgehead atoms. The first-order chi connectivity index (χ1) is 15.3. The van der Waals surface area contributed by atoms with Crippen LogP contribution in [0, 0.1) is 0 Å². The molecule has 0 aliphatic heterocycles. The second-order valence-corrected chi connectivity index (χ2v) is 8.92. The summed E-state index contributed by atoms with van der Waals surface area (Å²) in [5, 5.41) is 0. The van der Waals surface area contributed by atoms with E-state index < -0.39 is 22.8 Å². The Morgan fingerprint density at radius 3 is 0.938 bits per heavy atom. The summed E-state index contributed by atoms with van der Waals surface area (Å²) in [5.74, 6) is -2.61. The smallest absolute Gasteiger partial charge is 0.207 e. The highest BCUT2D eigenvalue weighted by Gasteiger charge is 2.68. The first-order valence-corrected chi connectivity index (χ1v) is 15.5. The normalized spacial score (nSPS) is 16.8. The number of hydrogen-bond donors (Lipinski definition) is 0. The van der Waals surface area contributed by atoms with Crippen molar-refractivity contribution in [2.75, 3.05) is 39.6 Å². The lowest BCUT2D eigenvalue weighted by atomic mass is 9.72. The number of hydrogen-bond acceptors (Lipinski definition) is 7. The van der Waals surface area contributed by atoms with Crippen LogP contribution in [-0.4, -0.2) is 88.7 Å². The molecule has 0 aliphatic rings. The first kappa shape index (κ1) is 31.9. The second-order valence-electron chi connectivity index (χ2n) is 7.50. The zero-order valence-corrected chi connectivity index (χ0v) is 26.4. The Morgan fingerprint density at radius 1 is 0.531 bits per heavy atom. The molecule has 192 valence electrons. The predicted molar refractivity (Wildman–Crippen MR) is 136 cm³/mol. The van der Waals surface area contributed by atoms with Crippen molar-refractivity contribution in [1.82, 2.24) is 0 Å². The molecule has 7 nitrogen and oxygen atoms in total. The summed E-state index contributed by atoms with van der Waals surface area (Å²) in [6, 6.07) is 1.16. The third kappa shape index (κ3) is 5.74. The fourth-order valence-electron chi connectivity index (χ4n) is 5.04. The molecule has 0 fully saturated rings. The average Bonchev–Trinajstić information content (AvgIpc) is 2.80. The molecule has 0 aromatic rings. The topological polar surface area (TPSA) is 72.5 Å². The van der Waals surface area contributed by atoms with Gasteiger partial charge >= 0.3 is 0 Å². The number of rotatable bonds is 20. The molecular formula is C23H50O7Si2. The standard InChI is InChI=1S/C23H50O7Si2/c1-9-20(25-11-3,22(17-31,27-13-5)28-14-6)19(24)21(10-2,26-12-4)23(18-32,29-15-7)30-16-8/h9-18H2,1-8,31-32H3. The number of ketones is 1. The average molecular weight is 495 g/mol. The number of carbonyl (C=O) groups is 1. The molecule has 0 N–H and O–H groups in total. The van der Waals surface area contributed by atoms with Crippen LogP contribution in [0.1, 0.15) is 68.2 Å². The van der Waals surface area contributed by atoms with E-state index in [1.165, 1.54) is 0 Å². The Balaban J connectivity index is 7.29. The zero-order chi connectivity index (χ0) is 24.9. The van der Waals surface area contributed by atoms with Crippen molar-refractivity contribution >= 4 is 26.3 Å². The molecule has 0 saturated heterocycles. The Morgan fingerprint density at radius 2 is 0.781 bits per heavy atom. The molecule has 0 spiro atoms. The van der Waals surface area contributed by atoms with Crippen molar-refractivity contribution in [2.45, 2.75) is 103 Å². The van der Waals surface area contributed by atoms with Gasteiger partial charge in [0.15, 0.2) is 11.2 Å². The van der Waals surface area contributed by atoms with Crippen LogP contribution in [0.25, 0.3) is 0 Å². The predicted octanol–water partition coefficient (Wildman–Crippen LogP) is 2.03. The van der Waals surface area contributed by atoms with E-state index in [1.54, 1.807) is 0 Å². The van der Waals surface area contributed by atoms with E-state index in [9.17, 15) is 4.79 Å². The maximum Gasteiger partial charge on any atom is 0.207 e. The third-order valence-electron chi connectivity index (χ3n) is 6.18. The molecule has 0 radical (unpaired) electrons. The van der Waals surface area contributed by atoms with E-state index in [0.29, 0.717) is 64.6 Å². The van der Waals surface area contributed by atoms with Crippen LogP contribution in [0.4, 0.5) is 0 Å². The molecule has 32 heavy (non-hydrogen) atoms. The molecule has 0 aromatic heterocycles. The van der Waals surface area contributed by atoms with Gasteiger partial charge in [0.25, 0.3) is 0 Å². The maximum absolute atomic E-state index is 14.9. The van der Waals surface area contributed by atoms with Crippen LogP contribution in [0.2, 0.25) is 12.1 Å². The summed E-state index contributed by atoms with van der Waals surface area (Å²) in [6.45, 7) is 17.7. The minimum absolute atomic E-state index is 0.214. The third-order valence-corrected chi connectivity index (χ3v) is 8.04. The molecule has 0 heterocycles. The van der Waals surface area contributed by atoms with Gasteiger partial charge in [0.2, 0.25) is 17.4 Å². The summed E-state index contributed by atoms with van der Waals surface area (Å²) in [7, 11) is 1.54. The van der Waals surface area contributed by atoms with Crippen LogP contribution in [0.3, 0.4) is 0 Å². The van der Waals surface area contributed by atoms with E-state index in [2.05, 4.69) is 0 Å². The molecule has 0 saturated carbocycles. The van der Waals surface area contributed by atoms with E-state index in [-0.39, 0.29) is 5.78 Å². The zero-order valence-electron chi connectivity index (χ0n) is 22.4. The summed E-state index contributed by atoms with van der Waals surface area (Å²) in [4.78, 5) is 14.9.